The molecule has 102 valence electrons. The van der Waals surface area contributed by atoms with Crippen molar-refractivity contribution in [3.63, 3.8) is 0 Å². The molecule has 19 heavy (non-hydrogen) atoms. The first-order chi connectivity index (χ1) is 9.34. The fourth-order valence-electron chi connectivity index (χ4n) is 3.69. The van der Waals surface area contributed by atoms with Crippen LogP contribution in [-0.2, 0) is 12.8 Å². The van der Waals surface area contributed by atoms with Gasteiger partial charge in [0.15, 0.2) is 0 Å². The molecular weight excluding hydrogens is 256 g/mol. The highest BCUT2D eigenvalue weighted by molar-refractivity contribution is 7.16. The fraction of sp³-hybridized carbons (Fsp3) is 0.667. The zero-order valence-corrected chi connectivity index (χ0v) is 12.0. The number of aryl methyl sites for hydroxylation is 1. The SMILES string of the molecule is O=C1c2c(sc3c2CCCC3)NC2CCCCCN12. The molecule has 1 aromatic heterocycles. The zero-order chi connectivity index (χ0) is 12.8. The van der Waals surface area contributed by atoms with E-state index in [2.05, 4.69) is 10.2 Å². The lowest BCUT2D eigenvalue weighted by atomic mass is 9.94. The van der Waals surface area contributed by atoms with Crippen LogP contribution >= 0.6 is 11.3 Å². The summed E-state index contributed by atoms with van der Waals surface area (Å²) >= 11 is 1.85. The van der Waals surface area contributed by atoms with Crippen molar-refractivity contribution in [1.82, 2.24) is 4.90 Å². The average molecular weight is 276 g/mol. The van der Waals surface area contributed by atoms with Crippen LogP contribution in [-0.4, -0.2) is 23.5 Å². The molecule has 0 bridgehead atoms. The maximum Gasteiger partial charge on any atom is 0.258 e. The Morgan fingerprint density at radius 3 is 2.95 bits per heavy atom. The molecule has 3 aliphatic rings. The quantitative estimate of drug-likeness (QED) is 0.787. The van der Waals surface area contributed by atoms with Crippen molar-refractivity contribution in [3.05, 3.63) is 16.0 Å². The van der Waals surface area contributed by atoms with Crippen molar-refractivity contribution in [3.8, 4) is 0 Å². The van der Waals surface area contributed by atoms with E-state index in [9.17, 15) is 4.79 Å². The van der Waals surface area contributed by atoms with Crippen molar-refractivity contribution >= 4 is 22.2 Å². The van der Waals surface area contributed by atoms with Crippen molar-refractivity contribution in [2.45, 2.75) is 57.5 Å². The lowest BCUT2D eigenvalue weighted by Crippen LogP contribution is -2.48. The smallest absolute Gasteiger partial charge is 0.258 e. The first kappa shape index (κ1) is 11.8. The van der Waals surface area contributed by atoms with Crippen molar-refractivity contribution in [2.75, 3.05) is 11.9 Å². The summed E-state index contributed by atoms with van der Waals surface area (Å²) in [6.45, 7) is 0.931. The van der Waals surface area contributed by atoms with Gasteiger partial charge in [0.05, 0.1) is 5.56 Å². The second kappa shape index (κ2) is 4.51. The number of hydrogen-bond acceptors (Lipinski definition) is 3. The van der Waals surface area contributed by atoms with E-state index in [4.69, 9.17) is 0 Å². The van der Waals surface area contributed by atoms with Crippen LogP contribution in [0.5, 0.6) is 0 Å². The summed E-state index contributed by atoms with van der Waals surface area (Å²) in [7, 11) is 0. The molecule has 1 amide bonds. The van der Waals surface area contributed by atoms with E-state index in [0.717, 1.165) is 31.4 Å². The zero-order valence-electron chi connectivity index (χ0n) is 11.2. The Morgan fingerprint density at radius 1 is 1.11 bits per heavy atom. The van der Waals surface area contributed by atoms with Gasteiger partial charge in [-0.1, -0.05) is 6.42 Å². The Labute approximate surface area is 118 Å². The highest BCUT2D eigenvalue weighted by Gasteiger charge is 2.37. The minimum atomic E-state index is 0.252. The minimum Gasteiger partial charge on any atom is -0.356 e. The third-order valence-corrected chi connectivity index (χ3v) is 5.92. The molecule has 1 aliphatic carbocycles. The fourth-order valence-corrected chi connectivity index (χ4v) is 5.02. The van der Waals surface area contributed by atoms with Gasteiger partial charge < -0.3 is 10.2 Å². The van der Waals surface area contributed by atoms with Crippen LogP contribution in [0.15, 0.2) is 0 Å². The monoisotopic (exact) mass is 276 g/mol. The minimum absolute atomic E-state index is 0.252. The largest absolute Gasteiger partial charge is 0.356 e. The van der Waals surface area contributed by atoms with Gasteiger partial charge >= 0.3 is 0 Å². The van der Waals surface area contributed by atoms with E-state index in [1.165, 1.54) is 47.5 Å². The Bertz CT molecular complexity index is 522. The molecule has 1 aromatic rings. The highest BCUT2D eigenvalue weighted by Crippen LogP contribution is 2.42. The summed E-state index contributed by atoms with van der Waals surface area (Å²) < 4.78 is 0. The second-order valence-corrected chi connectivity index (χ2v) is 7.03. The molecule has 4 rings (SSSR count). The summed E-state index contributed by atoms with van der Waals surface area (Å²) in [6.07, 6.45) is 9.82. The van der Waals surface area contributed by atoms with Gasteiger partial charge in [0.2, 0.25) is 0 Å². The average Bonchev–Trinajstić information content (AvgIpc) is 2.62. The molecule has 1 fully saturated rings. The van der Waals surface area contributed by atoms with Gasteiger partial charge in [0, 0.05) is 11.4 Å². The van der Waals surface area contributed by atoms with Crippen LogP contribution in [0.3, 0.4) is 0 Å². The molecule has 1 saturated heterocycles. The first-order valence-electron chi connectivity index (χ1n) is 7.56. The number of thiophene rings is 1. The number of carbonyl (C=O) groups is 1. The number of amides is 1. The van der Waals surface area contributed by atoms with E-state index in [1.54, 1.807) is 0 Å². The van der Waals surface area contributed by atoms with Gasteiger partial charge in [-0.05, 0) is 50.5 Å². The number of anilines is 1. The van der Waals surface area contributed by atoms with E-state index < -0.39 is 0 Å². The standard InChI is InChI=1S/C15H20N2OS/c18-15-13-10-6-3-4-7-11(10)19-14(13)16-12-8-2-1-5-9-17(12)15/h12,16H,1-9H2. The summed E-state index contributed by atoms with van der Waals surface area (Å²) in [5.41, 5.74) is 2.39. The van der Waals surface area contributed by atoms with Crippen LogP contribution in [0.4, 0.5) is 5.00 Å². The van der Waals surface area contributed by atoms with Crippen molar-refractivity contribution in [1.29, 1.82) is 0 Å². The van der Waals surface area contributed by atoms with Crippen molar-refractivity contribution < 1.29 is 4.79 Å². The Kier molecular flexibility index (Phi) is 2.79. The number of fused-ring (bicyclic) bond motifs is 4. The lowest BCUT2D eigenvalue weighted by molar-refractivity contribution is 0.0690. The Balaban J connectivity index is 1.77. The second-order valence-electron chi connectivity index (χ2n) is 5.92. The molecule has 0 saturated carbocycles. The van der Waals surface area contributed by atoms with Gasteiger partial charge in [0.25, 0.3) is 5.91 Å². The van der Waals surface area contributed by atoms with Gasteiger partial charge in [-0.3, -0.25) is 4.79 Å². The van der Waals surface area contributed by atoms with Crippen LogP contribution in [0.25, 0.3) is 0 Å². The summed E-state index contributed by atoms with van der Waals surface area (Å²) in [5, 5.41) is 4.82. The predicted octanol–water partition coefficient (Wildman–Crippen LogP) is 3.39. The molecule has 3 nitrogen and oxygen atoms in total. The molecular formula is C15H20N2OS. The maximum atomic E-state index is 12.8. The molecule has 3 heterocycles. The van der Waals surface area contributed by atoms with Gasteiger partial charge in [-0.2, -0.15) is 0 Å². The van der Waals surface area contributed by atoms with Crippen LogP contribution < -0.4 is 5.32 Å². The first-order valence-corrected chi connectivity index (χ1v) is 8.38. The number of nitrogens with zero attached hydrogens (tertiary/aromatic N) is 1. The number of rotatable bonds is 0. The summed E-state index contributed by atoms with van der Waals surface area (Å²) in [6, 6.07) is 0. The molecule has 0 spiro atoms. The molecule has 2 aliphatic heterocycles. The Morgan fingerprint density at radius 2 is 2.00 bits per heavy atom. The van der Waals surface area contributed by atoms with Crippen LogP contribution in [0.1, 0.15) is 59.3 Å². The van der Waals surface area contributed by atoms with Crippen LogP contribution in [0.2, 0.25) is 0 Å². The molecule has 0 aromatic carbocycles. The number of hydrogen-bond donors (Lipinski definition) is 1. The molecule has 4 heteroatoms. The van der Waals surface area contributed by atoms with Gasteiger partial charge in [-0.15, -0.1) is 11.3 Å². The summed E-state index contributed by atoms with van der Waals surface area (Å²) in [4.78, 5) is 16.4. The Hall–Kier alpha value is -1.03. The van der Waals surface area contributed by atoms with E-state index >= 15 is 0 Å². The van der Waals surface area contributed by atoms with Gasteiger partial charge in [-0.25, -0.2) is 0 Å². The molecule has 0 radical (unpaired) electrons. The molecule has 1 atom stereocenters. The predicted molar refractivity (Wildman–Crippen MR) is 77.9 cm³/mol. The lowest BCUT2D eigenvalue weighted by Gasteiger charge is -2.35. The van der Waals surface area contributed by atoms with E-state index in [0.29, 0.717) is 5.91 Å². The van der Waals surface area contributed by atoms with Gasteiger partial charge in [0.1, 0.15) is 11.2 Å². The molecule has 1 unspecified atom stereocenters. The van der Waals surface area contributed by atoms with Crippen molar-refractivity contribution in [2.24, 2.45) is 0 Å². The maximum absolute atomic E-state index is 12.8. The topological polar surface area (TPSA) is 32.3 Å². The third-order valence-electron chi connectivity index (χ3n) is 4.70. The highest BCUT2D eigenvalue weighted by atomic mass is 32.1. The number of carbonyl (C=O) groups excluding carboxylic acids is 1. The van der Waals surface area contributed by atoms with E-state index in [1.807, 2.05) is 11.3 Å². The van der Waals surface area contributed by atoms with E-state index in [-0.39, 0.29) is 6.17 Å². The summed E-state index contributed by atoms with van der Waals surface area (Å²) in [5.74, 6) is 0.306. The number of nitrogens with one attached hydrogen (secondary N) is 1. The third kappa shape index (κ3) is 1.80. The van der Waals surface area contributed by atoms with Crippen LogP contribution in [0, 0.1) is 0 Å². The molecule has 1 N–H and O–H groups in total. The normalized spacial score (nSPS) is 26.0.